The van der Waals surface area contributed by atoms with Crippen molar-refractivity contribution >= 4 is 11.6 Å². The minimum Gasteiger partial charge on any atom is -0.316 e. The highest BCUT2D eigenvalue weighted by Crippen LogP contribution is 2.30. The van der Waals surface area contributed by atoms with Crippen LogP contribution in [0.5, 0.6) is 0 Å². The lowest BCUT2D eigenvalue weighted by Crippen LogP contribution is -2.40. The molecule has 2 atom stereocenters. The SMILES string of the molecule is CC(CC(=O)N(CC1CCC1)c1ccccc1)C1CCCNC1. The topological polar surface area (TPSA) is 32.3 Å². The highest BCUT2D eigenvalue weighted by atomic mass is 16.2. The fraction of sp³-hybridized carbons (Fsp3) is 0.650. The third-order valence-electron chi connectivity index (χ3n) is 5.67. The Morgan fingerprint density at radius 1 is 1.22 bits per heavy atom. The summed E-state index contributed by atoms with van der Waals surface area (Å²) in [5, 5.41) is 3.48. The molecule has 0 radical (unpaired) electrons. The third-order valence-corrected chi connectivity index (χ3v) is 5.67. The second-order valence-electron chi connectivity index (χ2n) is 7.42. The Morgan fingerprint density at radius 2 is 2.00 bits per heavy atom. The lowest BCUT2D eigenvalue weighted by molar-refractivity contribution is -0.120. The van der Waals surface area contributed by atoms with E-state index < -0.39 is 0 Å². The number of piperidine rings is 1. The fourth-order valence-electron chi connectivity index (χ4n) is 3.81. The van der Waals surface area contributed by atoms with E-state index in [1.807, 2.05) is 18.2 Å². The molecular formula is C20H30N2O. The van der Waals surface area contributed by atoms with Crippen molar-refractivity contribution in [2.24, 2.45) is 17.8 Å². The number of carbonyl (C=O) groups is 1. The zero-order valence-corrected chi connectivity index (χ0v) is 14.3. The van der Waals surface area contributed by atoms with E-state index in [-0.39, 0.29) is 0 Å². The van der Waals surface area contributed by atoms with Crippen molar-refractivity contribution in [1.29, 1.82) is 0 Å². The number of para-hydroxylation sites is 1. The Kier molecular flexibility index (Phi) is 5.71. The summed E-state index contributed by atoms with van der Waals surface area (Å²) in [6.07, 6.45) is 7.06. The van der Waals surface area contributed by atoms with E-state index in [4.69, 9.17) is 0 Å². The monoisotopic (exact) mass is 314 g/mol. The van der Waals surface area contributed by atoms with Gasteiger partial charge in [0, 0.05) is 18.7 Å². The number of rotatable bonds is 6. The molecule has 2 aliphatic rings. The summed E-state index contributed by atoms with van der Waals surface area (Å²) in [6.45, 7) is 5.36. The van der Waals surface area contributed by atoms with Crippen LogP contribution in [0.15, 0.2) is 30.3 Å². The zero-order valence-electron chi connectivity index (χ0n) is 14.3. The molecule has 0 spiro atoms. The number of carbonyl (C=O) groups excluding carboxylic acids is 1. The Balaban J connectivity index is 1.64. The van der Waals surface area contributed by atoms with Crippen LogP contribution in [0.4, 0.5) is 5.69 Å². The Bertz CT molecular complexity index is 492. The molecule has 2 unspecified atom stereocenters. The normalized spacial score (nSPS) is 23.1. The molecule has 23 heavy (non-hydrogen) atoms. The van der Waals surface area contributed by atoms with Crippen LogP contribution in [0, 0.1) is 17.8 Å². The predicted molar refractivity (Wildman–Crippen MR) is 95.5 cm³/mol. The van der Waals surface area contributed by atoms with Crippen LogP contribution in [0.1, 0.15) is 45.4 Å². The maximum atomic E-state index is 13.0. The van der Waals surface area contributed by atoms with Crippen molar-refractivity contribution in [2.45, 2.75) is 45.4 Å². The summed E-state index contributed by atoms with van der Waals surface area (Å²) in [7, 11) is 0. The molecule has 0 bridgehead atoms. The van der Waals surface area contributed by atoms with E-state index >= 15 is 0 Å². The molecule has 1 saturated heterocycles. The lowest BCUT2D eigenvalue weighted by Gasteiger charge is -2.34. The summed E-state index contributed by atoms with van der Waals surface area (Å²) < 4.78 is 0. The summed E-state index contributed by atoms with van der Waals surface area (Å²) in [6, 6.07) is 10.2. The van der Waals surface area contributed by atoms with Gasteiger partial charge in [-0.2, -0.15) is 0 Å². The molecule has 126 valence electrons. The summed E-state index contributed by atoms with van der Waals surface area (Å²) in [4.78, 5) is 15.0. The van der Waals surface area contributed by atoms with Gasteiger partial charge in [0.15, 0.2) is 0 Å². The summed E-state index contributed by atoms with van der Waals surface area (Å²) >= 11 is 0. The molecule has 1 heterocycles. The van der Waals surface area contributed by atoms with Crippen molar-refractivity contribution in [3.63, 3.8) is 0 Å². The number of anilines is 1. The molecule has 0 aromatic heterocycles. The first-order chi connectivity index (χ1) is 11.2. The zero-order chi connectivity index (χ0) is 16.1. The molecule has 1 amide bonds. The lowest BCUT2D eigenvalue weighted by atomic mass is 9.83. The van der Waals surface area contributed by atoms with Gasteiger partial charge in [0.1, 0.15) is 0 Å². The van der Waals surface area contributed by atoms with Crippen LogP contribution in [-0.2, 0) is 4.79 Å². The number of hydrogen-bond acceptors (Lipinski definition) is 2. The highest BCUT2D eigenvalue weighted by molar-refractivity contribution is 5.93. The van der Waals surface area contributed by atoms with Crippen molar-refractivity contribution in [3.8, 4) is 0 Å². The van der Waals surface area contributed by atoms with Gasteiger partial charge in [-0.15, -0.1) is 0 Å². The molecule has 3 nitrogen and oxygen atoms in total. The fourth-order valence-corrected chi connectivity index (χ4v) is 3.81. The number of benzene rings is 1. The molecular weight excluding hydrogens is 284 g/mol. The minimum atomic E-state index is 0.307. The van der Waals surface area contributed by atoms with Crippen molar-refractivity contribution in [2.75, 3.05) is 24.5 Å². The maximum Gasteiger partial charge on any atom is 0.227 e. The molecule has 1 saturated carbocycles. The van der Waals surface area contributed by atoms with Crippen molar-refractivity contribution in [3.05, 3.63) is 30.3 Å². The van der Waals surface area contributed by atoms with E-state index in [1.165, 1.54) is 32.1 Å². The van der Waals surface area contributed by atoms with Crippen molar-refractivity contribution < 1.29 is 4.79 Å². The molecule has 1 N–H and O–H groups in total. The second kappa shape index (κ2) is 7.96. The van der Waals surface area contributed by atoms with Crippen LogP contribution < -0.4 is 10.2 Å². The second-order valence-corrected chi connectivity index (χ2v) is 7.42. The van der Waals surface area contributed by atoms with Crippen LogP contribution in [0.2, 0.25) is 0 Å². The van der Waals surface area contributed by atoms with Gasteiger partial charge in [0.25, 0.3) is 0 Å². The molecule has 1 aliphatic heterocycles. The highest BCUT2D eigenvalue weighted by Gasteiger charge is 2.28. The van der Waals surface area contributed by atoms with Gasteiger partial charge in [-0.1, -0.05) is 31.5 Å². The van der Waals surface area contributed by atoms with Crippen LogP contribution in [0.3, 0.4) is 0 Å². The third kappa shape index (κ3) is 4.35. The Hall–Kier alpha value is -1.35. The quantitative estimate of drug-likeness (QED) is 0.865. The predicted octanol–water partition coefficient (Wildman–Crippen LogP) is 3.85. The number of amides is 1. The average Bonchev–Trinajstić information content (AvgIpc) is 2.55. The standard InChI is InChI=1S/C20H30N2O/c1-16(18-9-6-12-21-14-18)13-20(23)22(15-17-7-5-8-17)19-10-3-2-4-11-19/h2-4,10-11,16-18,21H,5-9,12-15H2,1H3. The van der Waals surface area contributed by atoms with Gasteiger partial charge < -0.3 is 10.2 Å². The minimum absolute atomic E-state index is 0.307. The Labute approximate surface area is 140 Å². The number of hydrogen-bond donors (Lipinski definition) is 1. The van der Waals surface area contributed by atoms with Crippen LogP contribution >= 0.6 is 0 Å². The summed E-state index contributed by atoms with van der Waals surface area (Å²) in [5.74, 6) is 2.11. The largest absolute Gasteiger partial charge is 0.316 e. The summed E-state index contributed by atoms with van der Waals surface area (Å²) in [5.41, 5.74) is 1.07. The van der Waals surface area contributed by atoms with E-state index in [0.29, 0.717) is 30.1 Å². The first-order valence-corrected chi connectivity index (χ1v) is 9.30. The van der Waals surface area contributed by atoms with E-state index in [9.17, 15) is 4.79 Å². The number of nitrogens with zero attached hydrogens (tertiary/aromatic N) is 1. The smallest absolute Gasteiger partial charge is 0.227 e. The van der Waals surface area contributed by atoms with Crippen LogP contribution in [-0.4, -0.2) is 25.5 Å². The van der Waals surface area contributed by atoms with Crippen molar-refractivity contribution in [1.82, 2.24) is 5.32 Å². The van der Waals surface area contributed by atoms with Gasteiger partial charge in [-0.3, -0.25) is 4.79 Å². The van der Waals surface area contributed by atoms with Gasteiger partial charge in [-0.25, -0.2) is 0 Å². The van der Waals surface area contributed by atoms with Gasteiger partial charge in [-0.05, 0) is 68.7 Å². The van der Waals surface area contributed by atoms with E-state index in [2.05, 4.69) is 29.3 Å². The Morgan fingerprint density at radius 3 is 2.61 bits per heavy atom. The molecule has 3 heteroatoms. The molecule has 2 fully saturated rings. The number of nitrogens with one attached hydrogen (secondary N) is 1. The van der Waals surface area contributed by atoms with Gasteiger partial charge in [0.2, 0.25) is 5.91 Å². The van der Waals surface area contributed by atoms with E-state index in [0.717, 1.165) is 25.3 Å². The van der Waals surface area contributed by atoms with Gasteiger partial charge >= 0.3 is 0 Å². The molecule has 1 aromatic rings. The van der Waals surface area contributed by atoms with Crippen LogP contribution in [0.25, 0.3) is 0 Å². The maximum absolute atomic E-state index is 13.0. The molecule has 3 rings (SSSR count). The molecule has 1 aliphatic carbocycles. The van der Waals surface area contributed by atoms with Gasteiger partial charge in [0.05, 0.1) is 0 Å². The van der Waals surface area contributed by atoms with E-state index in [1.54, 1.807) is 0 Å². The molecule has 1 aromatic carbocycles. The first kappa shape index (κ1) is 16.5. The average molecular weight is 314 g/mol. The first-order valence-electron chi connectivity index (χ1n) is 9.30.